The second-order valence-corrected chi connectivity index (χ2v) is 6.07. The van der Waals surface area contributed by atoms with Gasteiger partial charge in [-0.2, -0.15) is 0 Å². The van der Waals surface area contributed by atoms with Crippen molar-refractivity contribution < 1.29 is 19.4 Å². The number of amides is 1. The Morgan fingerprint density at radius 3 is 2.96 bits per heavy atom. The van der Waals surface area contributed by atoms with Gasteiger partial charge in [0.1, 0.15) is 6.23 Å². The maximum atomic E-state index is 13.0. The van der Waals surface area contributed by atoms with Crippen molar-refractivity contribution in [2.75, 3.05) is 25.6 Å². The van der Waals surface area contributed by atoms with Crippen LogP contribution >= 0.6 is 0 Å². The molecule has 2 atom stereocenters. The number of carbonyl (C=O) groups is 1. The summed E-state index contributed by atoms with van der Waals surface area (Å²) in [7, 11) is 1.48. The van der Waals surface area contributed by atoms with Crippen LogP contribution in [0.3, 0.4) is 0 Å². The van der Waals surface area contributed by atoms with E-state index in [4.69, 9.17) is 9.47 Å². The Bertz CT molecular complexity index is 590. The summed E-state index contributed by atoms with van der Waals surface area (Å²) in [5, 5.41) is 13.2. The Balaban J connectivity index is 1.87. The minimum absolute atomic E-state index is 0.0318. The summed E-state index contributed by atoms with van der Waals surface area (Å²) in [5.74, 6) is 0.275. The molecule has 0 radical (unpaired) electrons. The van der Waals surface area contributed by atoms with Gasteiger partial charge in [0.2, 0.25) is 0 Å². The number of methoxy groups -OCH3 is 1. The summed E-state index contributed by atoms with van der Waals surface area (Å²) in [4.78, 5) is 14.9. The third-order valence-electron chi connectivity index (χ3n) is 4.57. The van der Waals surface area contributed by atoms with Crippen molar-refractivity contribution in [3.63, 3.8) is 0 Å². The Labute approximate surface area is 136 Å². The number of benzene rings is 1. The molecule has 1 aromatic carbocycles. The number of carbonyl (C=O) groups excluding carboxylic acids is 1. The Morgan fingerprint density at radius 2 is 2.22 bits per heavy atom. The predicted molar refractivity (Wildman–Crippen MR) is 87.0 cm³/mol. The number of nitrogens with zero attached hydrogens (tertiary/aromatic N) is 1. The zero-order valence-corrected chi connectivity index (χ0v) is 13.7. The molecule has 0 bridgehead atoms. The number of ether oxygens (including phenoxy) is 2. The van der Waals surface area contributed by atoms with E-state index in [1.54, 1.807) is 12.1 Å². The first-order valence-corrected chi connectivity index (χ1v) is 8.24. The number of aromatic hydroxyl groups is 1. The maximum Gasteiger partial charge on any atom is 0.258 e. The van der Waals surface area contributed by atoms with Gasteiger partial charge in [-0.25, -0.2) is 0 Å². The van der Waals surface area contributed by atoms with E-state index in [9.17, 15) is 9.90 Å². The first-order chi connectivity index (χ1) is 11.2. The van der Waals surface area contributed by atoms with Gasteiger partial charge in [-0.05, 0) is 25.3 Å². The Hall–Kier alpha value is -1.95. The van der Waals surface area contributed by atoms with Gasteiger partial charge in [0.15, 0.2) is 11.5 Å². The van der Waals surface area contributed by atoms with E-state index in [0.29, 0.717) is 30.2 Å². The largest absolute Gasteiger partial charge is 0.504 e. The fraction of sp³-hybridized carbons (Fsp3) is 0.588. The highest BCUT2D eigenvalue weighted by Crippen LogP contribution is 2.37. The molecule has 0 aliphatic carbocycles. The molecule has 2 N–H and O–H groups in total. The van der Waals surface area contributed by atoms with E-state index in [2.05, 4.69) is 12.2 Å². The third kappa shape index (κ3) is 2.95. The summed E-state index contributed by atoms with van der Waals surface area (Å²) < 4.78 is 11.1. The monoisotopic (exact) mass is 320 g/mol. The number of rotatable bonds is 5. The minimum atomic E-state index is -0.161. The molecule has 1 saturated heterocycles. The molecule has 0 saturated carbocycles. The smallest absolute Gasteiger partial charge is 0.258 e. The van der Waals surface area contributed by atoms with Crippen LogP contribution in [0.4, 0.5) is 5.69 Å². The lowest BCUT2D eigenvalue weighted by molar-refractivity contribution is -0.0340. The summed E-state index contributed by atoms with van der Waals surface area (Å²) in [6.07, 6.45) is 3.70. The lowest BCUT2D eigenvalue weighted by Crippen LogP contribution is -2.43. The molecule has 126 valence electrons. The van der Waals surface area contributed by atoms with Crippen molar-refractivity contribution in [1.82, 2.24) is 4.90 Å². The van der Waals surface area contributed by atoms with Crippen molar-refractivity contribution in [3.05, 3.63) is 17.7 Å². The van der Waals surface area contributed by atoms with E-state index in [1.807, 2.05) is 4.90 Å². The second-order valence-electron chi connectivity index (χ2n) is 6.07. The molecule has 0 unspecified atom stereocenters. The molecule has 2 heterocycles. The lowest BCUT2D eigenvalue weighted by Gasteiger charge is -2.28. The number of anilines is 1. The number of unbranched alkanes of at least 4 members (excludes halogenated alkanes) is 1. The van der Waals surface area contributed by atoms with Crippen LogP contribution in [-0.4, -0.2) is 48.4 Å². The van der Waals surface area contributed by atoms with E-state index in [0.717, 1.165) is 25.7 Å². The van der Waals surface area contributed by atoms with Gasteiger partial charge in [-0.1, -0.05) is 13.3 Å². The number of nitrogens with one attached hydrogen (secondary N) is 1. The third-order valence-corrected chi connectivity index (χ3v) is 4.57. The van der Waals surface area contributed by atoms with Crippen molar-refractivity contribution in [2.24, 2.45) is 0 Å². The number of phenolic OH excluding ortho intramolecular Hbond substituents is 1. The van der Waals surface area contributed by atoms with Crippen LogP contribution in [0, 0.1) is 0 Å². The summed E-state index contributed by atoms with van der Waals surface area (Å²) in [6.45, 7) is 3.46. The van der Waals surface area contributed by atoms with Gasteiger partial charge in [0.25, 0.3) is 5.91 Å². The molecule has 1 amide bonds. The van der Waals surface area contributed by atoms with Gasteiger partial charge < -0.3 is 24.8 Å². The molecule has 6 heteroatoms. The maximum absolute atomic E-state index is 13.0. The van der Waals surface area contributed by atoms with Crippen molar-refractivity contribution >= 4 is 11.6 Å². The molecule has 2 aliphatic heterocycles. The highest BCUT2D eigenvalue weighted by atomic mass is 16.5. The molecule has 2 aliphatic rings. The standard InChI is InChI=1S/C17H24N2O4/c1-3-4-7-23-16-6-5-11-10-18-13-9-14(20)15(22-2)8-12(13)17(21)19(11)16/h8-9,11,16,18,20H,3-7,10H2,1-2H3/t11-,16+/m0/s1. The molecule has 6 nitrogen and oxygen atoms in total. The highest BCUT2D eigenvalue weighted by Gasteiger charge is 2.40. The molecular weight excluding hydrogens is 296 g/mol. The van der Waals surface area contributed by atoms with Crippen molar-refractivity contribution in [2.45, 2.75) is 44.9 Å². The van der Waals surface area contributed by atoms with Gasteiger partial charge >= 0.3 is 0 Å². The average molecular weight is 320 g/mol. The fourth-order valence-electron chi connectivity index (χ4n) is 3.29. The minimum Gasteiger partial charge on any atom is -0.504 e. The van der Waals surface area contributed by atoms with Crippen LogP contribution < -0.4 is 10.1 Å². The first kappa shape index (κ1) is 15.9. The van der Waals surface area contributed by atoms with Crippen LogP contribution in [0.2, 0.25) is 0 Å². The topological polar surface area (TPSA) is 71.0 Å². The molecule has 0 spiro atoms. The normalized spacial score (nSPS) is 23.0. The van der Waals surface area contributed by atoms with Crippen LogP contribution in [0.25, 0.3) is 0 Å². The van der Waals surface area contributed by atoms with E-state index in [1.165, 1.54) is 7.11 Å². The van der Waals surface area contributed by atoms with E-state index >= 15 is 0 Å². The summed E-state index contributed by atoms with van der Waals surface area (Å²) >= 11 is 0. The average Bonchev–Trinajstić information content (AvgIpc) is 2.89. The number of fused-ring (bicyclic) bond motifs is 2. The summed E-state index contributed by atoms with van der Waals surface area (Å²) in [6, 6.07) is 3.28. The molecule has 23 heavy (non-hydrogen) atoms. The quantitative estimate of drug-likeness (QED) is 0.816. The Morgan fingerprint density at radius 1 is 1.39 bits per heavy atom. The van der Waals surface area contributed by atoms with Gasteiger partial charge in [0.05, 0.1) is 24.4 Å². The number of hydrogen-bond donors (Lipinski definition) is 2. The van der Waals surface area contributed by atoms with Crippen LogP contribution in [0.5, 0.6) is 11.5 Å². The van der Waals surface area contributed by atoms with Gasteiger partial charge in [-0.3, -0.25) is 4.79 Å². The molecule has 0 aromatic heterocycles. The van der Waals surface area contributed by atoms with E-state index < -0.39 is 0 Å². The molecule has 3 rings (SSSR count). The molecular formula is C17H24N2O4. The zero-order valence-electron chi connectivity index (χ0n) is 13.7. The summed E-state index contributed by atoms with van der Waals surface area (Å²) in [5.41, 5.74) is 1.17. The molecule has 1 aromatic rings. The highest BCUT2D eigenvalue weighted by molar-refractivity contribution is 6.01. The number of phenols is 1. The first-order valence-electron chi connectivity index (χ1n) is 8.24. The lowest BCUT2D eigenvalue weighted by atomic mass is 10.1. The molecule has 1 fully saturated rings. The predicted octanol–water partition coefficient (Wildman–Crippen LogP) is 2.57. The number of hydrogen-bond acceptors (Lipinski definition) is 5. The van der Waals surface area contributed by atoms with Crippen LogP contribution in [0.1, 0.15) is 43.0 Å². The van der Waals surface area contributed by atoms with Crippen LogP contribution in [0.15, 0.2) is 12.1 Å². The fourth-order valence-corrected chi connectivity index (χ4v) is 3.29. The van der Waals surface area contributed by atoms with Gasteiger partial charge in [-0.15, -0.1) is 0 Å². The van der Waals surface area contributed by atoms with Crippen LogP contribution in [-0.2, 0) is 4.74 Å². The second kappa shape index (κ2) is 6.66. The van der Waals surface area contributed by atoms with Crippen molar-refractivity contribution in [1.29, 1.82) is 0 Å². The Kier molecular flexibility index (Phi) is 4.61. The SMILES string of the molecule is CCCCO[C@@H]1CC[C@H]2CNc3cc(O)c(OC)cc3C(=O)N21. The van der Waals surface area contributed by atoms with Crippen molar-refractivity contribution in [3.8, 4) is 11.5 Å². The zero-order chi connectivity index (χ0) is 16.4. The van der Waals surface area contributed by atoms with E-state index in [-0.39, 0.29) is 23.9 Å². The van der Waals surface area contributed by atoms with Gasteiger partial charge in [0, 0.05) is 19.2 Å².